The van der Waals surface area contributed by atoms with E-state index < -0.39 is 12.0 Å². The molecule has 8 nitrogen and oxygen atoms in total. The zero-order valence-electron chi connectivity index (χ0n) is 18.8. The van der Waals surface area contributed by atoms with E-state index in [9.17, 15) is 14.4 Å². The van der Waals surface area contributed by atoms with Crippen LogP contribution in [0.1, 0.15) is 46.5 Å². The van der Waals surface area contributed by atoms with Crippen LogP contribution in [0.4, 0.5) is 5.69 Å². The van der Waals surface area contributed by atoms with Crippen LogP contribution in [-0.2, 0) is 19.1 Å². The lowest BCUT2D eigenvalue weighted by Crippen LogP contribution is -2.58. The van der Waals surface area contributed by atoms with Crippen molar-refractivity contribution in [3.63, 3.8) is 0 Å². The summed E-state index contributed by atoms with van der Waals surface area (Å²) in [7, 11) is 0. The first-order valence-corrected chi connectivity index (χ1v) is 11.1. The van der Waals surface area contributed by atoms with E-state index in [1.165, 1.54) is 4.90 Å². The van der Waals surface area contributed by atoms with E-state index in [0.717, 1.165) is 30.7 Å². The Balaban J connectivity index is 1.90. The number of unbranched alkanes of at least 4 members (excludes halogenated alkanes) is 1. The maximum atomic E-state index is 12.8. The number of piperazine rings is 1. The SMILES string of the molecule is CCCCOC(=O)CC1C(=O)NCCN1C(=O)CNc1cccc(OCCC(C)C)c1. The third-order valence-electron chi connectivity index (χ3n) is 5.01. The maximum absolute atomic E-state index is 12.8. The van der Waals surface area contributed by atoms with Crippen LogP contribution < -0.4 is 15.4 Å². The first kappa shape index (κ1) is 24.5. The number of esters is 1. The molecule has 8 heteroatoms. The van der Waals surface area contributed by atoms with Gasteiger partial charge in [0.2, 0.25) is 11.8 Å². The zero-order chi connectivity index (χ0) is 22.6. The molecular formula is C23H35N3O5. The zero-order valence-corrected chi connectivity index (χ0v) is 18.8. The Morgan fingerprint density at radius 3 is 2.84 bits per heavy atom. The van der Waals surface area contributed by atoms with Crippen LogP contribution in [0.15, 0.2) is 24.3 Å². The van der Waals surface area contributed by atoms with Gasteiger partial charge in [0.1, 0.15) is 11.8 Å². The molecule has 1 saturated heterocycles. The molecule has 31 heavy (non-hydrogen) atoms. The molecule has 2 rings (SSSR count). The van der Waals surface area contributed by atoms with Gasteiger partial charge in [-0.2, -0.15) is 0 Å². The van der Waals surface area contributed by atoms with Gasteiger partial charge in [0.15, 0.2) is 0 Å². The lowest BCUT2D eigenvalue weighted by Gasteiger charge is -2.34. The highest BCUT2D eigenvalue weighted by atomic mass is 16.5. The summed E-state index contributed by atoms with van der Waals surface area (Å²) in [5.41, 5.74) is 0.757. The van der Waals surface area contributed by atoms with E-state index in [4.69, 9.17) is 9.47 Å². The van der Waals surface area contributed by atoms with E-state index in [1.807, 2.05) is 31.2 Å². The van der Waals surface area contributed by atoms with Gasteiger partial charge in [0, 0.05) is 24.8 Å². The van der Waals surface area contributed by atoms with Gasteiger partial charge in [-0.15, -0.1) is 0 Å². The number of nitrogens with zero attached hydrogens (tertiary/aromatic N) is 1. The molecule has 1 aliphatic heterocycles. The number of ether oxygens (including phenoxy) is 2. The Morgan fingerprint density at radius 1 is 1.29 bits per heavy atom. The standard InChI is InChI=1S/C23H35N3O5/c1-4-5-12-31-22(28)15-20-23(29)24-10-11-26(20)21(27)16-25-18-7-6-8-19(14-18)30-13-9-17(2)3/h6-8,14,17,20,25H,4-5,9-13,15-16H2,1-3H3,(H,24,29). The Kier molecular flexibility index (Phi) is 10.1. The minimum atomic E-state index is -0.845. The highest BCUT2D eigenvalue weighted by Crippen LogP contribution is 2.18. The fraction of sp³-hybridized carbons (Fsp3) is 0.609. The molecule has 0 saturated carbocycles. The van der Waals surface area contributed by atoms with Crippen molar-refractivity contribution < 1.29 is 23.9 Å². The van der Waals surface area contributed by atoms with Crippen LogP contribution in [0, 0.1) is 5.92 Å². The number of carbonyl (C=O) groups excluding carboxylic acids is 3. The highest BCUT2D eigenvalue weighted by molar-refractivity contribution is 5.93. The number of rotatable bonds is 12. The van der Waals surface area contributed by atoms with Crippen molar-refractivity contribution in [2.75, 3.05) is 38.2 Å². The van der Waals surface area contributed by atoms with Crippen LogP contribution in [-0.4, -0.2) is 61.6 Å². The lowest BCUT2D eigenvalue weighted by atomic mass is 10.1. The van der Waals surface area contributed by atoms with E-state index in [0.29, 0.717) is 32.2 Å². The summed E-state index contributed by atoms with van der Waals surface area (Å²) >= 11 is 0. The number of hydrogen-bond donors (Lipinski definition) is 2. The van der Waals surface area contributed by atoms with Gasteiger partial charge in [-0.05, 0) is 30.9 Å². The van der Waals surface area contributed by atoms with E-state index >= 15 is 0 Å². The van der Waals surface area contributed by atoms with Crippen molar-refractivity contribution in [1.29, 1.82) is 0 Å². The van der Waals surface area contributed by atoms with Crippen LogP contribution in [0.25, 0.3) is 0 Å². The van der Waals surface area contributed by atoms with Crippen molar-refractivity contribution in [2.45, 2.75) is 52.5 Å². The van der Waals surface area contributed by atoms with Gasteiger partial charge in [0.25, 0.3) is 0 Å². The topological polar surface area (TPSA) is 97.0 Å². The lowest BCUT2D eigenvalue weighted by molar-refractivity contribution is -0.151. The molecule has 172 valence electrons. The average molecular weight is 434 g/mol. The average Bonchev–Trinajstić information content (AvgIpc) is 2.74. The third-order valence-corrected chi connectivity index (χ3v) is 5.01. The quantitative estimate of drug-likeness (QED) is 0.388. The Morgan fingerprint density at radius 2 is 2.10 bits per heavy atom. The van der Waals surface area contributed by atoms with Gasteiger partial charge in [-0.1, -0.05) is 33.3 Å². The largest absolute Gasteiger partial charge is 0.494 e. The number of amides is 2. The number of anilines is 1. The van der Waals surface area contributed by atoms with Gasteiger partial charge in [-0.3, -0.25) is 14.4 Å². The fourth-order valence-corrected chi connectivity index (χ4v) is 3.15. The normalized spacial score (nSPS) is 16.1. The van der Waals surface area contributed by atoms with E-state index in [-0.39, 0.29) is 24.8 Å². The molecule has 0 aromatic heterocycles. The number of benzene rings is 1. The first-order valence-electron chi connectivity index (χ1n) is 11.1. The smallest absolute Gasteiger partial charge is 0.308 e. The van der Waals surface area contributed by atoms with E-state index in [2.05, 4.69) is 24.5 Å². The molecule has 1 aromatic carbocycles. The maximum Gasteiger partial charge on any atom is 0.308 e. The molecule has 1 aromatic rings. The van der Waals surface area contributed by atoms with Crippen LogP contribution in [0.2, 0.25) is 0 Å². The molecule has 0 aliphatic carbocycles. The second-order valence-corrected chi connectivity index (χ2v) is 8.08. The molecule has 1 unspecified atom stereocenters. The summed E-state index contributed by atoms with van der Waals surface area (Å²) in [4.78, 5) is 38.6. The second-order valence-electron chi connectivity index (χ2n) is 8.08. The summed E-state index contributed by atoms with van der Waals surface area (Å²) in [6, 6.07) is 6.60. The number of hydrogen-bond acceptors (Lipinski definition) is 6. The third kappa shape index (κ3) is 8.47. The first-order chi connectivity index (χ1) is 14.9. The Labute approximate surface area is 184 Å². The molecule has 2 amide bonds. The predicted octanol–water partition coefficient (Wildman–Crippen LogP) is 2.58. The Bertz CT molecular complexity index is 738. The molecular weight excluding hydrogens is 398 g/mol. The Hall–Kier alpha value is -2.77. The molecule has 1 atom stereocenters. The van der Waals surface area contributed by atoms with Crippen molar-refractivity contribution in [3.05, 3.63) is 24.3 Å². The number of carbonyl (C=O) groups is 3. The molecule has 0 spiro atoms. The summed E-state index contributed by atoms with van der Waals surface area (Å²) in [5, 5.41) is 5.81. The minimum absolute atomic E-state index is 0.0180. The monoisotopic (exact) mass is 433 g/mol. The van der Waals surface area contributed by atoms with Gasteiger partial charge < -0.3 is 25.0 Å². The summed E-state index contributed by atoms with van der Waals surface area (Å²) in [5.74, 6) is 0.271. The number of nitrogens with one attached hydrogen (secondary N) is 2. The molecule has 1 fully saturated rings. The van der Waals surface area contributed by atoms with Crippen LogP contribution >= 0.6 is 0 Å². The summed E-state index contributed by atoms with van der Waals surface area (Å²) < 4.78 is 10.9. The highest BCUT2D eigenvalue weighted by Gasteiger charge is 2.34. The second kappa shape index (κ2) is 12.8. The molecule has 0 radical (unpaired) electrons. The fourth-order valence-electron chi connectivity index (χ4n) is 3.15. The van der Waals surface area contributed by atoms with Crippen molar-refractivity contribution in [3.8, 4) is 5.75 Å². The van der Waals surface area contributed by atoms with Crippen molar-refractivity contribution in [1.82, 2.24) is 10.2 Å². The summed E-state index contributed by atoms with van der Waals surface area (Å²) in [6.45, 7) is 8.00. The van der Waals surface area contributed by atoms with Crippen LogP contribution in [0.5, 0.6) is 5.75 Å². The summed E-state index contributed by atoms with van der Waals surface area (Å²) in [6.07, 6.45) is 2.52. The molecule has 0 bridgehead atoms. The van der Waals surface area contributed by atoms with Gasteiger partial charge >= 0.3 is 5.97 Å². The molecule has 2 N–H and O–H groups in total. The minimum Gasteiger partial charge on any atom is -0.494 e. The van der Waals surface area contributed by atoms with Gasteiger partial charge in [-0.25, -0.2) is 0 Å². The van der Waals surface area contributed by atoms with Crippen molar-refractivity contribution in [2.24, 2.45) is 5.92 Å². The van der Waals surface area contributed by atoms with Gasteiger partial charge in [0.05, 0.1) is 26.2 Å². The predicted molar refractivity (Wildman–Crippen MR) is 119 cm³/mol. The van der Waals surface area contributed by atoms with Crippen LogP contribution in [0.3, 0.4) is 0 Å². The van der Waals surface area contributed by atoms with Crippen molar-refractivity contribution >= 4 is 23.5 Å². The van der Waals surface area contributed by atoms with E-state index in [1.54, 1.807) is 0 Å². The molecule has 1 heterocycles. The molecule has 1 aliphatic rings.